The number of rotatable bonds is 3. The van der Waals surface area contributed by atoms with Crippen molar-refractivity contribution in [3.05, 3.63) is 11.1 Å². The molecule has 3 N–H and O–H groups in total. The van der Waals surface area contributed by atoms with Crippen molar-refractivity contribution in [3.63, 3.8) is 0 Å². The van der Waals surface area contributed by atoms with Gasteiger partial charge in [0.15, 0.2) is 0 Å². The van der Waals surface area contributed by atoms with E-state index in [1.54, 1.807) is 0 Å². The molecule has 0 aliphatic heterocycles. The van der Waals surface area contributed by atoms with Crippen molar-refractivity contribution in [2.24, 2.45) is 5.73 Å². The smallest absolute Gasteiger partial charge is 0.409 e. The van der Waals surface area contributed by atoms with Crippen LogP contribution in [0.25, 0.3) is 0 Å². The van der Waals surface area contributed by atoms with Crippen LogP contribution < -0.4 is 11.1 Å². The first-order valence-electron chi connectivity index (χ1n) is 5.85. The summed E-state index contributed by atoms with van der Waals surface area (Å²) < 4.78 is 5.25. The van der Waals surface area contributed by atoms with Crippen LogP contribution in [-0.2, 0) is 4.74 Å². The van der Waals surface area contributed by atoms with Gasteiger partial charge in [-0.1, -0.05) is 37.4 Å². The van der Waals surface area contributed by atoms with Crippen molar-refractivity contribution in [3.8, 4) is 0 Å². The average molecular weight is 384 g/mol. The lowest BCUT2D eigenvalue weighted by atomic mass is 10.0. The van der Waals surface area contributed by atoms with Gasteiger partial charge in [-0.2, -0.15) is 0 Å². The van der Waals surface area contributed by atoms with E-state index in [1.165, 1.54) is 5.57 Å². The van der Waals surface area contributed by atoms with Crippen LogP contribution in [-0.4, -0.2) is 28.0 Å². The molecule has 0 fully saturated rings. The lowest BCUT2D eigenvalue weighted by Gasteiger charge is -2.30. The number of allylic oxidation sites excluding steroid dienone is 1. The summed E-state index contributed by atoms with van der Waals surface area (Å²) in [6, 6.07) is 0. The van der Waals surface area contributed by atoms with Gasteiger partial charge in [0.2, 0.25) is 0 Å². The molecule has 1 unspecified atom stereocenters. The highest BCUT2D eigenvalue weighted by Gasteiger charge is 2.38. The number of alkyl halides is 2. The Morgan fingerprint density at radius 2 is 2.06 bits per heavy atom. The van der Waals surface area contributed by atoms with Crippen LogP contribution in [0.1, 0.15) is 33.6 Å². The fourth-order valence-electron chi connectivity index (χ4n) is 1.95. The van der Waals surface area contributed by atoms with E-state index >= 15 is 0 Å². The largest absolute Gasteiger partial charge is 0.444 e. The molecule has 1 amide bonds. The molecule has 4 nitrogen and oxygen atoms in total. The van der Waals surface area contributed by atoms with Gasteiger partial charge in [0.25, 0.3) is 0 Å². The fraction of sp³-hybridized carbons (Fsp3) is 0.750. The average Bonchev–Trinajstić information content (AvgIpc) is 2.51. The molecule has 0 heterocycles. The van der Waals surface area contributed by atoms with Crippen LogP contribution >= 0.6 is 31.9 Å². The van der Waals surface area contributed by atoms with Gasteiger partial charge in [0.05, 0.1) is 0 Å². The lowest BCUT2D eigenvalue weighted by molar-refractivity contribution is 0.0475. The highest BCUT2D eigenvalue weighted by molar-refractivity contribution is 9.09. The summed E-state index contributed by atoms with van der Waals surface area (Å²) in [7, 11) is 0. The van der Waals surface area contributed by atoms with Crippen molar-refractivity contribution in [2.75, 3.05) is 10.7 Å². The summed E-state index contributed by atoms with van der Waals surface area (Å²) in [6.07, 6.45) is 1.12. The van der Waals surface area contributed by atoms with Gasteiger partial charge >= 0.3 is 6.09 Å². The van der Waals surface area contributed by atoms with Crippen molar-refractivity contribution in [2.45, 2.75) is 44.9 Å². The SMILES string of the molecule is CC(C)(C)OC(=O)NC1(N)CCC(CBr)=C1CBr. The third kappa shape index (κ3) is 3.96. The van der Waals surface area contributed by atoms with E-state index in [9.17, 15) is 4.79 Å². The molecule has 104 valence electrons. The Kier molecular flexibility index (Phi) is 5.26. The minimum Gasteiger partial charge on any atom is -0.444 e. The van der Waals surface area contributed by atoms with Crippen molar-refractivity contribution < 1.29 is 9.53 Å². The summed E-state index contributed by atoms with van der Waals surface area (Å²) in [5, 5.41) is 4.22. The Hall–Kier alpha value is -0.0700. The fourth-order valence-corrected chi connectivity index (χ4v) is 3.47. The van der Waals surface area contributed by atoms with Crippen LogP contribution in [0.15, 0.2) is 11.1 Å². The maximum absolute atomic E-state index is 11.8. The van der Waals surface area contributed by atoms with Gasteiger partial charge in [-0.15, -0.1) is 0 Å². The highest BCUT2D eigenvalue weighted by Crippen LogP contribution is 2.34. The molecular weight excluding hydrogens is 364 g/mol. The first-order valence-corrected chi connectivity index (χ1v) is 8.09. The number of amides is 1. The van der Waals surface area contributed by atoms with Gasteiger partial charge in [-0.25, -0.2) is 4.79 Å². The number of carbonyl (C=O) groups is 1. The molecule has 0 saturated carbocycles. The molecule has 0 aromatic rings. The number of ether oxygens (including phenoxy) is 1. The molecule has 1 atom stereocenters. The van der Waals surface area contributed by atoms with Crippen LogP contribution in [0.2, 0.25) is 0 Å². The van der Waals surface area contributed by atoms with Crippen LogP contribution in [0.3, 0.4) is 0 Å². The predicted octanol–water partition coefficient (Wildman–Crippen LogP) is 3.05. The second kappa shape index (κ2) is 5.92. The minimum atomic E-state index is -0.797. The van der Waals surface area contributed by atoms with E-state index in [4.69, 9.17) is 10.5 Å². The summed E-state index contributed by atoms with van der Waals surface area (Å²) >= 11 is 6.88. The number of halogens is 2. The quantitative estimate of drug-likeness (QED) is 0.447. The first kappa shape index (κ1) is 16.0. The monoisotopic (exact) mass is 382 g/mol. The molecule has 6 heteroatoms. The highest BCUT2D eigenvalue weighted by atomic mass is 79.9. The Bertz CT molecular complexity index is 364. The zero-order valence-electron chi connectivity index (χ0n) is 11.0. The maximum Gasteiger partial charge on any atom is 0.409 e. The summed E-state index contributed by atoms with van der Waals surface area (Å²) in [5.41, 5.74) is 7.24. The van der Waals surface area contributed by atoms with Gasteiger partial charge in [0.1, 0.15) is 11.3 Å². The van der Waals surface area contributed by atoms with Gasteiger partial charge in [-0.05, 0) is 39.2 Å². The molecule has 1 rings (SSSR count). The summed E-state index contributed by atoms with van der Waals surface area (Å²) in [6.45, 7) is 5.49. The van der Waals surface area contributed by atoms with E-state index in [1.807, 2.05) is 20.8 Å². The van der Waals surface area contributed by atoms with Gasteiger partial charge in [-0.3, -0.25) is 5.32 Å². The molecule has 0 radical (unpaired) electrons. The number of hydrogen-bond acceptors (Lipinski definition) is 3. The third-order valence-electron chi connectivity index (χ3n) is 2.81. The van der Waals surface area contributed by atoms with Crippen LogP contribution in [0.4, 0.5) is 4.79 Å². The minimum absolute atomic E-state index is 0.473. The third-order valence-corrected chi connectivity index (χ3v) is 4.04. The predicted molar refractivity (Wildman–Crippen MR) is 80.1 cm³/mol. The lowest BCUT2D eigenvalue weighted by Crippen LogP contribution is -2.57. The Labute approximate surface area is 125 Å². The van der Waals surface area contributed by atoms with Crippen LogP contribution in [0.5, 0.6) is 0 Å². The van der Waals surface area contributed by atoms with Crippen molar-refractivity contribution >= 4 is 38.0 Å². The Morgan fingerprint density at radius 1 is 1.44 bits per heavy atom. The number of nitrogens with one attached hydrogen (secondary N) is 1. The molecule has 0 aromatic carbocycles. The Balaban J connectivity index is 2.77. The van der Waals surface area contributed by atoms with E-state index in [2.05, 4.69) is 37.2 Å². The second-order valence-electron chi connectivity index (χ2n) is 5.45. The van der Waals surface area contributed by atoms with Gasteiger partial charge < -0.3 is 10.5 Å². The summed E-state index contributed by atoms with van der Waals surface area (Å²) in [4.78, 5) is 11.8. The standard InChI is InChI=1S/C12H20Br2N2O2/c1-11(2,3)18-10(17)16-12(15)5-4-8(6-13)9(12)7-14/h4-7,15H2,1-3H3,(H,16,17). The summed E-state index contributed by atoms with van der Waals surface area (Å²) in [5.74, 6) is 0. The maximum atomic E-state index is 11.8. The van der Waals surface area contributed by atoms with Gasteiger partial charge in [0, 0.05) is 10.7 Å². The molecule has 18 heavy (non-hydrogen) atoms. The molecule has 0 aromatic heterocycles. The molecule has 0 saturated heterocycles. The van der Waals surface area contributed by atoms with Crippen molar-refractivity contribution in [1.29, 1.82) is 0 Å². The van der Waals surface area contributed by atoms with Crippen molar-refractivity contribution in [1.82, 2.24) is 5.32 Å². The zero-order valence-corrected chi connectivity index (χ0v) is 14.2. The van der Waals surface area contributed by atoms with Crippen LogP contribution in [0, 0.1) is 0 Å². The topological polar surface area (TPSA) is 64.3 Å². The van der Waals surface area contributed by atoms with E-state index in [0.29, 0.717) is 11.8 Å². The number of nitrogens with two attached hydrogens (primary N) is 1. The van der Waals surface area contributed by atoms with E-state index in [-0.39, 0.29) is 0 Å². The molecule has 1 aliphatic carbocycles. The molecule has 1 aliphatic rings. The zero-order chi connectivity index (χ0) is 14.0. The molecule has 0 spiro atoms. The molecular formula is C12H20Br2N2O2. The first-order chi connectivity index (χ1) is 8.22. The molecule has 0 bridgehead atoms. The normalized spacial score (nSPS) is 24.3. The number of carbonyl (C=O) groups excluding carboxylic acids is 1. The van der Waals surface area contributed by atoms with E-state index < -0.39 is 17.4 Å². The number of hydrogen-bond donors (Lipinski definition) is 2. The van der Waals surface area contributed by atoms with E-state index in [0.717, 1.165) is 17.3 Å². The second-order valence-corrected chi connectivity index (χ2v) is 6.57. The Morgan fingerprint density at radius 3 is 2.50 bits per heavy atom. The number of alkyl carbamates (subject to hydrolysis) is 1.